The standard InChI is InChI=1S/C10H18O3/c1-3-4-5-6-9(11)7-8(2)10(12)13/h7,9,11H,3-6H2,1-2H3,(H,12,13). The lowest BCUT2D eigenvalue weighted by atomic mass is 10.1. The fourth-order valence-corrected chi connectivity index (χ4v) is 1.05. The molecule has 0 aromatic heterocycles. The molecule has 1 unspecified atom stereocenters. The first-order chi connectivity index (χ1) is 6.07. The van der Waals surface area contributed by atoms with Gasteiger partial charge in [-0.1, -0.05) is 26.2 Å². The number of unbranched alkanes of at least 4 members (excludes halogenated alkanes) is 2. The molecule has 0 radical (unpaired) electrons. The van der Waals surface area contributed by atoms with E-state index in [-0.39, 0.29) is 5.57 Å². The molecule has 3 heteroatoms. The highest BCUT2D eigenvalue weighted by Crippen LogP contribution is 2.06. The predicted molar refractivity (Wildman–Crippen MR) is 51.5 cm³/mol. The van der Waals surface area contributed by atoms with E-state index in [0.717, 1.165) is 19.3 Å². The van der Waals surface area contributed by atoms with Crippen LogP contribution in [0, 0.1) is 0 Å². The molecule has 0 heterocycles. The van der Waals surface area contributed by atoms with Gasteiger partial charge in [0.1, 0.15) is 0 Å². The SMILES string of the molecule is CCCCCC(O)C=C(C)C(=O)O. The van der Waals surface area contributed by atoms with E-state index in [1.54, 1.807) is 0 Å². The molecule has 0 aliphatic rings. The van der Waals surface area contributed by atoms with Crippen molar-refractivity contribution in [3.63, 3.8) is 0 Å². The molecule has 0 fully saturated rings. The number of aliphatic hydroxyl groups is 1. The van der Waals surface area contributed by atoms with Crippen molar-refractivity contribution in [2.24, 2.45) is 0 Å². The number of hydrogen-bond donors (Lipinski definition) is 2. The summed E-state index contributed by atoms with van der Waals surface area (Å²) in [5, 5.41) is 17.9. The van der Waals surface area contributed by atoms with Crippen LogP contribution in [0.3, 0.4) is 0 Å². The van der Waals surface area contributed by atoms with Crippen molar-refractivity contribution in [1.82, 2.24) is 0 Å². The van der Waals surface area contributed by atoms with E-state index in [1.807, 2.05) is 0 Å². The van der Waals surface area contributed by atoms with Crippen molar-refractivity contribution < 1.29 is 15.0 Å². The average molecular weight is 186 g/mol. The molecule has 1 atom stereocenters. The molecule has 0 aromatic carbocycles. The highest BCUT2D eigenvalue weighted by atomic mass is 16.4. The lowest BCUT2D eigenvalue weighted by Gasteiger charge is -2.05. The lowest BCUT2D eigenvalue weighted by molar-refractivity contribution is -0.132. The summed E-state index contributed by atoms with van der Waals surface area (Å²) < 4.78 is 0. The molecular formula is C10H18O3. The third kappa shape index (κ3) is 6.34. The minimum absolute atomic E-state index is 0.212. The Morgan fingerprint density at radius 1 is 1.46 bits per heavy atom. The fourth-order valence-electron chi connectivity index (χ4n) is 1.05. The van der Waals surface area contributed by atoms with Crippen molar-refractivity contribution in [3.8, 4) is 0 Å². The van der Waals surface area contributed by atoms with E-state index in [4.69, 9.17) is 5.11 Å². The van der Waals surface area contributed by atoms with Gasteiger partial charge in [0.15, 0.2) is 0 Å². The summed E-state index contributed by atoms with van der Waals surface area (Å²) in [4.78, 5) is 10.4. The van der Waals surface area contributed by atoms with Gasteiger partial charge in [-0.25, -0.2) is 4.79 Å². The normalized spacial score (nSPS) is 14.2. The van der Waals surface area contributed by atoms with E-state index in [0.29, 0.717) is 6.42 Å². The van der Waals surface area contributed by atoms with Crippen LogP contribution in [0.2, 0.25) is 0 Å². The molecule has 13 heavy (non-hydrogen) atoms. The largest absolute Gasteiger partial charge is 0.478 e. The van der Waals surface area contributed by atoms with Gasteiger partial charge in [0.25, 0.3) is 0 Å². The maximum atomic E-state index is 10.4. The van der Waals surface area contributed by atoms with Gasteiger partial charge in [-0.05, 0) is 19.4 Å². The number of rotatable bonds is 6. The van der Waals surface area contributed by atoms with Crippen molar-refractivity contribution in [2.75, 3.05) is 0 Å². The van der Waals surface area contributed by atoms with E-state index >= 15 is 0 Å². The smallest absolute Gasteiger partial charge is 0.331 e. The van der Waals surface area contributed by atoms with Crippen molar-refractivity contribution in [1.29, 1.82) is 0 Å². The number of carbonyl (C=O) groups is 1. The molecule has 0 bridgehead atoms. The third-order valence-corrected chi connectivity index (χ3v) is 1.88. The minimum Gasteiger partial charge on any atom is -0.478 e. The van der Waals surface area contributed by atoms with Crippen LogP contribution in [0.5, 0.6) is 0 Å². The molecule has 0 rings (SSSR count). The van der Waals surface area contributed by atoms with Gasteiger partial charge in [-0.15, -0.1) is 0 Å². The second-order valence-electron chi connectivity index (χ2n) is 3.22. The molecule has 76 valence electrons. The van der Waals surface area contributed by atoms with Gasteiger partial charge in [-0.3, -0.25) is 0 Å². The van der Waals surface area contributed by atoms with Crippen molar-refractivity contribution in [3.05, 3.63) is 11.6 Å². The number of carboxylic acid groups (broad SMARTS) is 1. The van der Waals surface area contributed by atoms with Gasteiger partial charge >= 0.3 is 5.97 Å². The minimum atomic E-state index is -0.963. The van der Waals surface area contributed by atoms with E-state index in [9.17, 15) is 9.90 Å². The van der Waals surface area contributed by atoms with Crippen molar-refractivity contribution >= 4 is 5.97 Å². The first-order valence-corrected chi connectivity index (χ1v) is 4.67. The van der Waals surface area contributed by atoms with Crippen LogP contribution in [0.25, 0.3) is 0 Å². The molecule has 0 spiro atoms. The zero-order valence-corrected chi connectivity index (χ0v) is 8.29. The Morgan fingerprint density at radius 2 is 2.08 bits per heavy atom. The van der Waals surface area contributed by atoms with E-state index in [1.165, 1.54) is 13.0 Å². The van der Waals surface area contributed by atoms with Crippen LogP contribution in [0.4, 0.5) is 0 Å². The summed E-state index contributed by atoms with van der Waals surface area (Å²) in [5.41, 5.74) is 0.212. The van der Waals surface area contributed by atoms with Crippen molar-refractivity contribution in [2.45, 2.75) is 45.6 Å². The molecule has 3 nitrogen and oxygen atoms in total. The van der Waals surface area contributed by atoms with Crippen LogP contribution in [-0.2, 0) is 4.79 Å². The summed E-state index contributed by atoms with van der Waals surface area (Å²) in [5.74, 6) is -0.963. The first-order valence-electron chi connectivity index (χ1n) is 4.67. The summed E-state index contributed by atoms with van der Waals surface area (Å²) in [7, 11) is 0. The number of aliphatic hydroxyl groups excluding tert-OH is 1. The molecule has 0 saturated heterocycles. The summed E-state index contributed by atoms with van der Waals surface area (Å²) >= 11 is 0. The second-order valence-corrected chi connectivity index (χ2v) is 3.22. The van der Waals surface area contributed by atoms with Crippen LogP contribution in [0.1, 0.15) is 39.5 Å². The Hall–Kier alpha value is -0.830. The molecule has 0 amide bonds. The van der Waals surface area contributed by atoms with Crippen LogP contribution < -0.4 is 0 Å². The number of aliphatic carboxylic acids is 1. The summed E-state index contributed by atoms with van der Waals surface area (Å²) in [6.45, 7) is 3.58. The quantitative estimate of drug-likeness (QED) is 0.492. The molecule has 0 aliphatic carbocycles. The lowest BCUT2D eigenvalue weighted by Crippen LogP contribution is -2.06. The zero-order chi connectivity index (χ0) is 10.3. The predicted octanol–water partition coefficient (Wildman–Crippen LogP) is 1.96. The van der Waals surface area contributed by atoms with Gasteiger partial charge in [0.05, 0.1) is 6.10 Å². The Kier molecular flexibility index (Phi) is 6.24. The van der Waals surface area contributed by atoms with E-state index in [2.05, 4.69) is 6.92 Å². The summed E-state index contributed by atoms with van der Waals surface area (Å²) in [6.07, 6.45) is 4.57. The maximum Gasteiger partial charge on any atom is 0.331 e. The maximum absolute atomic E-state index is 10.4. The summed E-state index contributed by atoms with van der Waals surface area (Å²) in [6, 6.07) is 0. The first kappa shape index (κ1) is 12.2. The molecule has 0 aliphatic heterocycles. The molecule has 2 N–H and O–H groups in total. The number of carboxylic acids is 1. The van der Waals surface area contributed by atoms with Crippen LogP contribution in [0.15, 0.2) is 11.6 Å². The Balaban J connectivity index is 3.78. The van der Waals surface area contributed by atoms with Crippen LogP contribution >= 0.6 is 0 Å². The highest BCUT2D eigenvalue weighted by Gasteiger charge is 2.04. The highest BCUT2D eigenvalue weighted by molar-refractivity contribution is 5.85. The van der Waals surface area contributed by atoms with Crippen LogP contribution in [-0.4, -0.2) is 22.3 Å². The Bertz CT molecular complexity index is 185. The van der Waals surface area contributed by atoms with Gasteiger partial charge in [0.2, 0.25) is 0 Å². The van der Waals surface area contributed by atoms with Gasteiger partial charge < -0.3 is 10.2 Å². The Labute approximate surface area is 79.1 Å². The fraction of sp³-hybridized carbons (Fsp3) is 0.700. The average Bonchev–Trinajstić information content (AvgIpc) is 2.04. The molecule has 0 saturated carbocycles. The molecular weight excluding hydrogens is 168 g/mol. The van der Waals surface area contributed by atoms with Gasteiger partial charge in [0, 0.05) is 5.57 Å². The third-order valence-electron chi connectivity index (χ3n) is 1.88. The van der Waals surface area contributed by atoms with E-state index < -0.39 is 12.1 Å². The topological polar surface area (TPSA) is 57.5 Å². The number of hydrogen-bond acceptors (Lipinski definition) is 2. The Morgan fingerprint density at radius 3 is 2.54 bits per heavy atom. The second kappa shape index (κ2) is 6.66. The van der Waals surface area contributed by atoms with Gasteiger partial charge in [-0.2, -0.15) is 0 Å². The zero-order valence-electron chi connectivity index (χ0n) is 8.29. The molecule has 0 aromatic rings. The monoisotopic (exact) mass is 186 g/mol.